The lowest BCUT2D eigenvalue weighted by molar-refractivity contribution is 0.262. The van der Waals surface area contributed by atoms with Crippen molar-refractivity contribution in [3.05, 3.63) is 89.7 Å². The second-order valence-corrected chi connectivity index (χ2v) is 7.36. The Morgan fingerprint density at radius 2 is 1.73 bits per heavy atom. The molecule has 0 saturated heterocycles. The Kier molecular flexibility index (Phi) is 5.80. The van der Waals surface area contributed by atoms with E-state index in [0.29, 0.717) is 0 Å². The topological polar surface area (TPSA) is 59.0 Å². The van der Waals surface area contributed by atoms with Crippen molar-refractivity contribution in [3.63, 3.8) is 0 Å². The van der Waals surface area contributed by atoms with Crippen LogP contribution in [0.4, 0.5) is 16.2 Å². The van der Waals surface area contributed by atoms with Crippen LogP contribution in [0.1, 0.15) is 23.9 Å². The molecule has 4 aromatic rings. The maximum atomic E-state index is 12.4. The number of carbonyl (C=O) groups is 1. The van der Waals surface area contributed by atoms with E-state index in [9.17, 15) is 4.79 Å². The van der Waals surface area contributed by atoms with E-state index in [1.807, 2.05) is 55.5 Å². The van der Waals surface area contributed by atoms with Crippen LogP contribution in [0.2, 0.25) is 0 Å². The molecule has 1 heterocycles. The number of hydrogen-bond acceptors (Lipinski definition) is 2. The molecule has 0 spiro atoms. The lowest BCUT2D eigenvalue weighted by atomic mass is 10.1. The van der Waals surface area contributed by atoms with Gasteiger partial charge in [0.15, 0.2) is 0 Å². The molecule has 30 heavy (non-hydrogen) atoms. The van der Waals surface area contributed by atoms with Crippen molar-refractivity contribution < 1.29 is 4.79 Å². The summed E-state index contributed by atoms with van der Waals surface area (Å²) < 4.78 is 2.27. The number of carbonyl (C=O) groups excluding carboxylic acids is 1. The van der Waals surface area contributed by atoms with Gasteiger partial charge in [0.1, 0.15) is 5.82 Å². The van der Waals surface area contributed by atoms with Crippen LogP contribution in [0.5, 0.6) is 0 Å². The smallest absolute Gasteiger partial charge is 0.323 e. The predicted molar refractivity (Wildman–Crippen MR) is 123 cm³/mol. The van der Waals surface area contributed by atoms with Crippen LogP contribution in [-0.4, -0.2) is 15.6 Å². The first kappa shape index (κ1) is 19.7. The van der Waals surface area contributed by atoms with E-state index < -0.39 is 0 Å². The molecule has 152 valence electrons. The minimum Gasteiger partial charge on any atom is -0.328 e. The number of aryl methyl sites for hydroxylation is 4. The van der Waals surface area contributed by atoms with Crippen molar-refractivity contribution in [1.82, 2.24) is 9.55 Å². The molecule has 0 fully saturated rings. The van der Waals surface area contributed by atoms with Crippen LogP contribution in [0, 0.1) is 6.92 Å². The van der Waals surface area contributed by atoms with Gasteiger partial charge in [0.2, 0.25) is 0 Å². The lowest BCUT2D eigenvalue weighted by Crippen LogP contribution is -2.20. The van der Waals surface area contributed by atoms with Crippen LogP contribution >= 0.6 is 0 Å². The fourth-order valence-corrected chi connectivity index (χ4v) is 3.73. The zero-order valence-electron chi connectivity index (χ0n) is 17.4. The summed E-state index contributed by atoms with van der Waals surface area (Å²) in [6.07, 6.45) is 1.71. The van der Waals surface area contributed by atoms with Crippen LogP contribution in [0.15, 0.2) is 72.8 Å². The molecule has 0 aliphatic carbocycles. The Morgan fingerprint density at radius 1 is 0.933 bits per heavy atom. The van der Waals surface area contributed by atoms with Crippen LogP contribution in [0.3, 0.4) is 0 Å². The summed E-state index contributed by atoms with van der Waals surface area (Å²) in [5.41, 5.74) is 6.00. The van der Waals surface area contributed by atoms with Gasteiger partial charge in [-0.2, -0.15) is 0 Å². The molecule has 0 aliphatic rings. The van der Waals surface area contributed by atoms with E-state index in [0.717, 1.165) is 47.7 Å². The average molecular weight is 399 g/mol. The highest BCUT2D eigenvalue weighted by Crippen LogP contribution is 2.19. The molecule has 3 aromatic carbocycles. The van der Waals surface area contributed by atoms with Crippen molar-refractivity contribution >= 4 is 28.4 Å². The van der Waals surface area contributed by atoms with Crippen molar-refractivity contribution in [2.24, 2.45) is 0 Å². The summed E-state index contributed by atoms with van der Waals surface area (Å²) in [5, 5.41) is 5.83. The summed E-state index contributed by atoms with van der Waals surface area (Å²) in [7, 11) is 0. The number of aromatic nitrogens is 2. The number of imidazole rings is 1. The minimum absolute atomic E-state index is 0.241. The van der Waals surface area contributed by atoms with Crippen molar-refractivity contribution in [1.29, 1.82) is 0 Å². The van der Waals surface area contributed by atoms with Crippen molar-refractivity contribution in [2.45, 2.75) is 33.2 Å². The Balaban J connectivity index is 1.43. The summed E-state index contributed by atoms with van der Waals surface area (Å²) in [4.78, 5) is 17.2. The fraction of sp³-hybridized carbons (Fsp3) is 0.200. The van der Waals surface area contributed by atoms with Gasteiger partial charge < -0.3 is 15.2 Å². The van der Waals surface area contributed by atoms with E-state index in [4.69, 9.17) is 4.98 Å². The number of benzene rings is 3. The highest BCUT2D eigenvalue weighted by atomic mass is 16.2. The molecule has 0 aliphatic heterocycles. The van der Waals surface area contributed by atoms with Gasteiger partial charge in [-0.3, -0.25) is 0 Å². The largest absolute Gasteiger partial charge is 0.328 e. The summed E-state index contributed by atoms with van der Waals surface area (Å²) in [6.45, 7) is 5.02. The van der Waals surface area contributed by atoms with Gasteiger partial charge in [0, 0.05) is 24.3 Å². The second-order valence-electron chi connectivity index (χ2n) is 7.36. The molecule has 0 atom stereocenters. The van der Waals surface area contributed by atoms with Crippen molar-refractivity contribution in [3.8, 4) is 0 Å². The number of anilines is 2. The molecule has 1 aromatic heterocycles. The molecule has 5 nitrogen and oxygen atoms in total. The van der Waals surface area contributed by atoms with Gasteiger partial charge in [0.25, 0.3) is 0 Å². The molecule has 0 bridgehead atoms. The first-order valence-corrected chi connectivity index (χ1v) is 10.3. The first-order valence-electron chi connectivity index (χ1n) is 10.3. The van der Waals surface area contributed by atoms with E-state index in [1.54, 1.807) is 0 Å². The molecule has 4 rings (SSSR count). The molecule has 0 unspecified atom stereocenters. The Morgan fingerprint density at radius 3 is 2.57 bits per heavy atom. The van der Waals surface area contributed by atoms with E-state index in [-0.39, 0.29) is 6.03 Å². The van der Waals surface area contributed by atoms with Gasteiger partial charge in [-0.25, -0.2) is 9.78 Å². The number of rotatable bonds is 6. The van der Waals surface area contributed by atoms with E-state index in [1.165, 1.54) is 11.1 Å². The fourth-order valence-electron chi connectivity index (χ4n) is 3.73. The second kappa shape index (κ2) is 8.82. The van der Waals surface area contributed by atoms with Gasteiger partial charge in [0.05, 0.1) is 11.0 Å². The first-order chi connectivity index (χ1) is 14.6. The molecular formula is C25H26N4O. The van der Waals surface area contributed by atoms with Crippen LogP contribution in [0.25, 0.3) is 11.0 Å². The third-order valence-electron chi connectivity index (χ3n) is 5.27. The Labute approximate surface area is 176 Å². The van der Waals surface area contributed by atoms with Gasteiger partial charge in [-0.15, -0.1) is 0 Å². The zero-order valence-corrected chi connectivity index (χ0v) is 17.4. The molecule has 2 N–H and O–H groups in total. The number of amides is 2. The van der Waals surface area contributed by atoms with Gasteiger partial charge >= 0.3 is 6.03 Å². The molecule has 2 amide bonds. The summed E-state index contributed by atoms with van der Waals surface area (Å²) in [6, 6.07) is 23.7. The number of fused-ring (bicyclic) bond motifs is 1. The molecule has 0 radical (unpaired) electrons. The molecule has 5 heteroatoms. The van der Waals surface area contributed by atoms with Gasteiger partial charge in [-0.1, -0.05) is 42.5 Å². The predicted octanol–water partition coefficient (Wildman–Crippen LogP) is 5.79. The highest BCUT2D eigenvalue weighted by Gasteiger charge is 2.10. The maximum absolute atomic E-state index is 12.4. The van der Waals surface area contributed by atoms with E-state index in [2.05, 4.69) is 46.4 Å². The third kappa shape index (κ3) is 4.35. The quantitative estimate of drug-likeness (QED) is 0.432. The van der Waals surface area contributed by atoms with Gasteiger partial charge in [-0.05, 0) is 61.7 Å². The third-order valence-corrected chi connectivity index (χ3v) is 5.27. The number of urea groups is 1. The highest BCUT2D eigenvalue weighted by molar-refractivity contribution is 6.00. The minimum atomic E-state index is -0.241. The van der Waals surface area contributed by atoms with E-state index >= 15 is 0 Å². The lowest BCUT2D eigenvalue weighted by Gasteiger charge is -2.11. The molecular weight excluding hydrogens is 372 g/mol. The van der Waals surface area contributed by atoms with Crippen LogP contribution in [-0.2, 0) is 19.4 Å². The maximum Gasteiger partial charge on any atom is 0.323 e. The average Bonchev–Trinajstić information content (AvgIpc) is 3.11. The zero-order chi connectivity index (χ0) is 20.9. The number of hydrogen-bond donors (Lipinski definition) is 2. The number of para-hydroxylation sites is 3. The number of nitrogens with one attached hydrogen (secondary N) is 2. The number of nitrogens with zero attached hydrogens (tertiary/aromatic N) is 2. The Bertz CT molecular complexity index is 1180. The summed E-state index contributed by atoms with van der Waals surface area (Å²) in [5.74, 6) is 1.09. The normalized spacial score (nSPS) is 10.9. The standard InChI is InChI=1S/C25H26N4O/c1-3-29-23-14-7-6-13-22(23)27-24(29)16-15-19-10-8-11-20(17-19)26-25(30)28-21-12-5-4-9-18(21)2/h4-14,17H,3,15-16H2,1-2H3,(H2,26,28,30). The monoisotopic (exact) mass is 398 g/mol. The van der Waals surface area contributed by atoms with Crippen molar-refractivity contribution in [2.75, 3.05) is 10.6 Å². The Hall–Kier alpha value is -3.60. The SMILES string of the molecule is CCn1c(CCc2cccc(NC(=O)Nc3ccccc3C)c2)nc2ccccc21. The summed E-state index contributed by atoms with van der Waals surface area (Å²) >= 11 is 0. The van der Waals surface area contributed by atoms with Crippen LogP contribution < -0.4 is 10.6 Å². The molecule has 0 saturated carbocycles.